The van der Waals surface area contributed by atoms with Gasteiger partial charge in [-0.1, -0.05) is 18.2 Å². The van der Waals surface area contributed by atoms with Crippen molar-refractivity contribution < 1.29 is 14.7 Å². The predicted octanol–water partition coefficient (Wildman–Crippen LogP) is 4.66. The van der Waals surface area contributed by atoms with Crippen LogP contribution in [-0.4, -0.2) is 28.5 Å². The number of fused-ring (bicyclic) bond motifs is 1. The average molecular weight is 404 g/mol. The second kappa shape index (κ2) is 7.87. The zero-order valence-corrected chi connectivity index (χ0v) is 17.1. The molecule has 0 aliphatic rings. The van der Waals surface area contributed by atoms with E-state index in [1.54, 1.807) is 57.2 Å². The van der Waals surface area contributed by atoms with Crippen molar-refractivity contribution in [2.24, 2.45) is 5.73 Å². The van der Waals surface area contributed by atoms with Gasteiger partial charge in [-0.15, -0.1) is 0 Å². The SMILES string of the molecule is CC(C)(C)N(C(=O)O)c1ccc(C(=O)Nc2ccc3cc(C(=N)N)ccc3c2)cc1. The van der Waals surface area contributed by atoms with Crippen molar-refractivity contribution in [1.82, 2.24) is 0 Å². The Balaban J connectivity index is 1.79. The van der Waals surface area contributed by atoms with Gasteiger partial charge in [-0.25, -0.2) is 4.79 Å². The van der Waals surface area contributed by atoms with E-state index in [1.165, 1.54) is 4.90 Å². The van der Waals surface area contributed by atoms with Gasteiger partial charge in [-0.3, -0.25) is 15.1 Å². The molecule has 5 N–H and O–H groups in total. The van der Waals surface area contributed by atoms with Gasteiger partial charge in [-0.2, -0.15) is 0 Å². The summed E-state index contributed by atoms with van der Waals surface area (Å²) in [5, 5.41) is 21.7. The summed E-state index contributed by atoms with van der Waals surface area (Å²) in [5.74, 6) is -0.287. The molecule has 0 unspecified atom stereocenters. The Morgan fingerprint density at radius 2 is 1.50 bits per heavy atom. The normalized spacial score (nSPS) is 11.2. The number of nitrogens with one attached hydrogen (secondary N) is 2. The molecule has 0 aromatic heterocycles. The number of anilines is 2. The smallest absolute Gasteiger partial charge is 0.412 e. The van der Waals surface area contributed by atoms with Crippen molar-refractivity contribution in [3.05, 3.63) is 71.8 Å². The van der Waals surface area contributed by atoms with E-state index < -0.39 is 11.6 Å². The Kier molecular flexibility index (Phi) is 5.47. The summed E-state index contributed by atoms with van der Waals surface area (Å²) in [6, 6.07) is 17.4. The number of carbonyl (C=O) groups excluding carboxylic acids is 1. The third-order valence-electron chi connectivity index (χ3n) is 4.66. The molecule has 0 heterocycles. The number of nitrogen functional groups attached to an aromatic ring is 1. The summed E-state index contributed by atoms with van der Waals surface area (Å²) >= 11 is 0. The summed E-state index contributed by atoms with van der Waals surface area (Å²) < 4.78 is 0. The second-order valence-electron chi connectivity index (χ2n) is 7.98. The summed E-state index contributed by atoms with van der Waals surface area (Å²) in [7, 11) is 0. The maximum Gasteiger partial charge on any atom is 0.412 e. The van der Waals surface area contributed by atoms with Crippen molar-refractivity contribution in [1.29, 1.82) is 5.41 Å². The number of nitrogens with two attached hydrogens (primary N) is 1. The molecule has 0 spiro atoms. The van der Waals surface area contributed by atoms with Gasteiger partial charge in [0.15, 0.2) is 0 Å². The molecule has 3 aromatic rings. The van der Waals surface area contributed by atoms with Crippen molar-refractivity contribution in [3.8, 4) is 0 Å². The van der Waals surface area contributed by atoms with E-state index in [4.69, 9.17) is 11.1 Å². The summed E-state index contributed by atoms with van der Waals surface area (Å²) in [5.41, 5.74) is 7.11. The van der Waals surface area contributed by atoms with Crippen LogP contribution in [0.1, 0.15) is 36.7 Å². The molecule has 0 fully saturated rings. The molecule has 0 saturated heterocycles. The number of amidine groups is 1. The van der Waals surface area contributed by atoms with E-state index in [0.717, 1.165) is 10.8 Å². The second-order valence-corrected chi connectivity index (χ2v) is 7.98. The Morgan fingerprint density at radius 1 is 0.933 bits per heavy atom. The molecule has 7 nitrogen and oxygen atoms in total. The fourth-order valence-electron chi connectivity index (χ4n) is 3.24. The van der Waals surface area contributed by atoms with Crippen LogP contribution >= 0.6 is 0 Å². The molecule has 2 amide bonds. The van der Waals surface area contributed by atoms with Crippen LogP contribution in [0.2, 0.25) is 0 Å². The molecular formula is C23H24N4O3. The molecule has 3 rings (SSSR count). The quantitative estimate of drug-likeness (QED) is 0.373. The number of hydrogen-bond acceptors (Lipinski definition) is 3. The van der Waals surface area contributed by atoms with Gasteiger partial charge in [0.2, 0.25) is 0 Å². The Hall–Kier alpha value is -3.87. The largest absolute Gasteiger partial charge is 0.465 e. The summed E-state index contributed by atoms with van der Waals surface area (Å²) in [4.78, 5) is 25.5. The first-order chi connectivity index (χ1) is 14.1. The van der Waals surface area contributed by atoms with Crippen LogP contribution in [0.25, 0.3) is 10.8 Å². The molecule has 0 bridgehead atoms. The summed E-state index contributed by atoms with van der Waals surface area (Å²) in [6.45, 7) is 5.42. The number of hydrogen-bond donors (Lipinski definition) is 4. The molecule has 0 radical (unpaired) electrons. The maximum atomic E-state index is 12.6. The number of carboxylic acid groups (broad SMARTS) is 1. The van der Waals surface area contributed by atoms with Crippen molar-refractivity contribution >= 4 is 40.0 Å². The minimum atomic E-state index is -1.05. The van der Waals surface area contributed by atoms with E-state index in [1.807, 2.05) is 24.3 Å². The van der Waals surface area contributed by atoms with Crippen LogP contribution in [0.5, 0.6) is 0 Å². The first kappa shape index (κ1) is 20.9. The number of carbonyl (C=O) groups is 2. The van der Waals surface area contributed by atoms with Crippen LogP contribution in [-0.2, 0) is 0 Å². The monoisotopic (exact) mass is 404 g/mol. The average Bonchev–Trinajstić information content (AvgIpc) is 2.66. The lowest BCUT2D eigenvalue weighted by Gasteiger charge is -2.33. The van der Waals surface area contributed by atoms with E-state index in [2.05, 4.69) is 5.32 Å². The molecule has 0 atom stereocenters. The lowest BCUT2D eigenvalue weighted by molar-refractivity contribution is 0.102. The Morgan fingerprint density at radius 3 is 2.07 bits per heavy atom. The van der Waals surface area contributed by atoms with Gasteiger partial charge in [0.05, 0.1) is 0 Å². The highest BCUT2D eigenvalue weighted by atomic mass is 16.4. The lowest BCUT2D eigenvalue weighted by Crippen LogP contribution is -2.45. The zero-order valence-electron chi connectivity index (χ0n) is 17.1. The number of rotatable bonds is 4. The lowest BCUT2D eigenvalue weighted by atomic mass is 10.0. The van der Waals surface area contributed by atoms with Gasteiger partial charge in [0.25, 0.3) is 5.91 Å². The van der Waals surface area contributed by atoms with Crippen LogP contribution in [0, 0.1) is 5.41 Å². The molecule has 7 heteroatoms. The van der Waals surface area contributed by atoms with Gasteiger partial charge in [0.1, 0.15) is 5.84 Å². The van der Waals surface area contributed by atoms with Gasteiger partial charge < -0.3 is 16.2 Å². The van der Waals surface area contributed by atoms with Crippen LogP contribution in [0.3, 0.4) is 0 Å². The van der Waals surface area contributed by atoms with Crippen molar-refractivity contribution in [2.45, 2.75) is 26.3 Å². The third-order valence-corrected chi connectivity index (χ3v) is 4.66. The highest BCUT2D eigenvalue weighted by Crippen LogP contribution is 2.25. The maximum absolute atomic E-state index is 12.6. The Bertz CT molecular complexity index is 1130. The van der Waals surface area contributed by atoms with Gasteiger partial charge >= 0.3 is 6.09 Å². The molecule has 154 valence electrons. The molecule has 0 aliphatic heterocycles. The van der Waals surface area contributed by atoms with Gasteiger partial charge in [-0.05, 0) is 74.0 Å². The molecular weight excluding hydrogens is 380 g/mol. The van der Waals surface area contributed by atoms with E-state index >= 15 is 0 Å². The highest BCUT2D eigenvalue weighted by molar-refractivity contribution is 6.06. The fourth-order valence-corrected chi connectivity index (χ4v) is 3.24. The van der Waals surface area contributed by atoms with E-state index in [-0.39, 0.29) is 11.7 Å². The number of benzene rings is 3. The van der Waals surface area contributed by atoms with E-state index in [0.29, 0.717) is 22.5 Å². The topological polar surface area (TPSA) is 120 Å². The van der Waals surface area contributed by atoms with Crippen molar-refractivity contribution in [2.75, 3.05) is 10.2 Å². The first-order valence-electron chi connectivity index (χ1n) is 9.39. The van der Waals surface area contributed by atoms with Gasteiger partial charge in [0, 0.05) is 28.0 Å². The highest BCUT2D eigenvalue weighted by Gasteiger charge is 2.27. The van der Waals surface area contributed by atoms with Crippen LogP contribution < -0.4 is 16.0 Å². The predicted molar refractivity (Wildman–Crippen MR) is 120 cm³/mol. The summed E-state index contributed by atoms with van der Waals surface area (Å²) in [6.07, 6.45) is -1.05. The third kappa shape index (κ3) is 4.41. The standard InChI is InChI=1S/C23H24N4O3/c1-23(2,3)27(22(29)30)19-10-7-14(8-11-19)21(28)26-18-9-6-15-12-17(20(24)25)5-4-16(15)13-18/h4-13H,1-3H3,(H3,24,25)(H,26,28)(H,29,30). The van der Waals surface area contributed by atoms with Crippen LogP contribution in [0.4, 0.5) is 16.2 Å². The first-order valence-corrected chi connectivity index (χ1v) is 9.39. The molecule has 0 saturated carbocycles. The Labute approximate surface area is 174 Å². The van der Waals surface area contributed by atoms with E-state index in [9.17, 15) is 14.7 Å². The number of amides is 2. The van der Waals surface area contributed by atoms with Crippen LogP contribution in [0.15, 0.2) is 60.7 Å². The minimum absolute atomic E-state index is 0.00523. The molecule has 30 heavy (non-hydrogen) atoms. The van der Waals surface area contributed by atoms with Crippen molar-refractivity contribution in [3.63, 3.8) is 0 Å². The molecule has 0 aliphatic carbocycles. The minimum Gasteiger partial charge on any atom is -0.465 e. The fraction of sp³-hybridized carbons (Fsp3) is 0.174. The number of nitrogens with zero attached hydrogens (tertiary/aromatic N) is 1. The molecule has 3 aromatic carbocycles. The zero-order chi connectivity index (χ0) is 22.1.